The van der Waals surface area contributed by atoms with Crippen molar-refractivity contribution in [1.29, 1.82) is 0 Å². The minimum Gasteiger partial charge on any atom is -0.389 e. The van der Waals surface area contributed by atoms with E-state index in [1.54, 1.807) is 0 Å². The van der Waals surface area contributed by atoms with Gasteiger partial charge in [0.05, 0.1) is 5.60 Å². The lowest BCUT2D eigenvalue weighted by Crippen LogP contribution is -2.42. The van der Waals surface area contributed by atoms with Gasteiger partial charge in [-0.05, 0) is 31.7 Å². The van der Waals surface area contributed by atoms with Crippen molar-refractivity contribution >= 4 is 0 Å². The zero-order valence-corrected chi connectivity index (χ0v) is 11.3. The van der Waals surface area contributed by atoms with Gasteiger partial charge in [-0.3, -0.25) is 4.90 Å². The lowest BCUT2D eigenvalue weighted by molar-refractivity contribution is 0.0615. The molecule has 0 spiro atoms. The lowest BCUT2D eigenvalue weighted by atomic mass is 9.87. The van der Waals surface area contributed by atoms with Crippen molar-refractivity contribution in [2.75, 3.05) is 32.7 Å². The molecule has 1 heterocycles. The van der Waals surface area contributed by atoms with Crippen LogP contribution in [0.1, 0.15) is 40.5 Å². The highest BCUT2D eigenvalue weighted by molar-refractivity contribution is 4.89. The average molecular weight is 228 g/mol. The standard InChI is InChI=1S/C13H28N2O/c1-5-12(3,9-14-6-2)10-15-8-7-13(4,16)11-15/h14,16H,5-11H2,1-4H3. The SMILES string of the molecule is CCNCC(C)(CC)CN1CCC(C)(O)C1. The van der Waals surface area contributed by atoms with Crippen LogP contribution in [0.5, 0.6) is 0 Å². The highest BCUT2D eigenvalue weighted by Crippen LogP contribution is 2.27. The minimum absolute atomic E-state index is 0.330. The third-order valence-electron chi connectivity index (χ3n) is 3.79. The number of rotatable bonds is 6. The third kappa shape index (κ3) is 4.04. The molecule has 0 saturated carbocycles. The Balaban J connectivity index is 2.44. The molecule has 96 valence electrons. The molecule has 0 aliphatic carbocycles. The molecule has 2 N–H and O–H groups in total. The van der Waals surface area contributed by atoms with Gasteiger partial charge in [0.25, 0.3) is 0 Å². The topological polar surface area (TPSA) is 35.5 Å². The smallest absolute Gasteiger partial charge is 0.0758 e. The van der Waals surface area contributed by atoms with Crippen molar-refractivity contribution in [2.45, 2.75) is 46.1 Å². The Kier molecular flexibility index (Phi) is 4.77. The van der Waals surface area contributed by atoms with E-state index in [0.717, 1.165) is 39.1 Å². The molecule has 16 heavy (non-hydrogen) atoms. The van der Waals surface area contributed by atoms with Gasteiger partial charge < -0.3 is 10.4 Å². The molecule has 1 rings (SSSR count). The lowest BCUT2D eigenvalue weighted by Gasteiger charge is -2.33. The van der Waals surface area contributed by atoms with Gasteiger partial charge in [0.15, 0.2) is 0 Å². The van der Waals surface area contributed by atoms with E-state index in [9.17, 15) is 5.11 Å². The normalized spacial score (nSPS) is 30.6. The number of nitrogens with one attached hydrogen (secondary N) is 1. The van der Waals surface area contributed by atoms with Crippen LogP contribution in [0.4, 0.5) is 0 Å². The summed E-state index contributed by atoms with van der Waals surface area (Å²) >= 11 is 0. The Morgan fingerprint density at radius 3 is 2.56 bits per heavy atom. The van der Waals surface area contributed by atoms with Crippen molar-refractivity contribution in [3.05, 3.63) is 0 Å². The molecule has 0 aromatic carbocycles. The fourth-order valence-corrected chi connectivity index (χ4v) is 2.43. The van der Waals surface area contributed by atoms with E-state index in [0.29, 0.717) is 5.41 Å². The molecule has 2 unspecified atom stereocenters. The second kappa shape index (κ2) is 5.48. The Morgan fingerprint density at radius 1 is 1.44 bits per heavy atom. The van der Waals surface area contributed by atoms with Crippen LogP contribution in [0, 0.1) is 5.41 Å². The first-order valence-corrected chi connectivity index (χ1v) is 6.56. The zero-order chi connectivity index (χ0) is 12.2. The van der Waals surface area contributed by atoms with Crippen LogP contribution in [0.25, 0.3) is 0 Å². The van der Waals surface area contributed by atoms with Crippen LogP contribution < -0.4 is 5.32 Å². The van der Waals surface area contributed by atoms with Gasteiger partial charge >= 0.3 is 0 Å². The van der Waals surface area contributed by atoms with E-state index in [1.807, 2.05) is 6.92 Å². The Bertz CT molecular complexity index is 218. The highest BCUT2D eigenvalue weighted by atomic mass is 16.3. The van der Waals surface area contributed by atoms with Crippen LogP contribution in [-0.2, 0) is 0 Å². The van der Waals surface area contributed by atoms with Crippen molar-refractivity contribution in [1.82, 2.24) is 10.2 Å². The summed E-state index contributed by atoms with van der Waals surface area (Å²) in [6, 6.07) is 0. The van der Waals surface area contributed by atoms with Crippen molar-refractivity contribution in [3.63, 3.8) is 0 Å². The van der Waals surface area contributed by atoms with Crippen LogP contribution in [0.2, 0.25) is 0 Å². The summed E-state index contributed by atoms with van der Waals surface area (Å²) in [6.45, 7) is 13.7. The minimum atomic E-state index is -0.465. The molecule has 0 bridgehead atoms. The van der Waals surface area contributed by atoms with Crippen molar-refractivity contribution < 1.29 is 5.11 Å². The third-order valence-corrected chi connectivity index (χ3v) is 3.79. The molecule has 1 aliphatic heterocycles. The molecule has 0 amide bonds. The molecule has 0 aromatic rings. The Hall–Kier alpha value is -0.120. The quantitative estimate of drug-likeness (QED) is 0.722. The number of hydrogen-bond acceptors (Lipinski definition) is 3. The molecule has 1 saturated heterocycles. The van der Waals surface area contributed by atoms with E-state index < -0.39 is 5.60 Å². The second-order valence-corrected chi connectivity index (χ2v) is 5.90. The van der Waals surface area contributed by atoms with Crippen LogP contribution in [-0.4, -0.2) is 48.3 Å². The first-order valence-electron chi connectivity index (χ1n) is 6.56. The van der Waals surface area contributed by atoms with Gasteiger partial charge in [-0.1, -0.05) is 20.8 Å². The molecule has 0 aromatic heterocycles. The summed E-state index contributed by atoms with van der Waals surface area (Å²) in [5, 5.41) is 13.4. The molecule has 1 fully saturated rings. The molecule has 2 atom stereocenters. The average Bonchev–Trinajstić information content (AvgIpc) is 2.55. The fraction of sp³-hybridized carbons (Fsp3) is 1.00. The number of nitrogens with zero attached hydrogens (tertiary/aromatic N) is 1. The van der Waals surface area contributed by atoms with Gasteiger partial charge in [-0.2, -0.15) is 0 Å². The summed E-state index contributed by atoms with van der Waals surface area (Å²) in [6.07, 6.45) is 2.09. The maximum absolute atomic E-state index is 9.95. The summed E-state index contributed by atoms with van der Waals surface area (Å²) in [7, 11) is 0. The Morgan fingerprint density at radius 2 is 2.12 bits per heavy atom. The van der Waals surface area contributed by atoms with Crippen LogP contribution in [0.3, 0.4) is 0 Å². The molecular formula is C13H28N2O. The first-order chi connectivity index (χ1) is 7.41. The molecule has 3 nitrogen and oxygen atoms in total. The fourth-order valence-electron chi connectivity index (χ4n) is 2.43. The monoisotopic (exact) mass is 228 g/mol. The second-order valence-electron chi connectivity index (χ2n) is 5.90. The van der Waals surface area contributed by atoms with Crippen LogP contribution >= 0.6 is 0 Å². The number of aliphatic hydroxyl groups is 1. The summed E-state index contributed by atoms with van der Waals surface area (Å²) in [5.74, 6) is 0. The maximum atomic E-state index is 9.95. The first kappa shape index (κ1) is 13.9. The predicted molar refractivity (Wildman–Crippen MR) is 68.6 cm³/mol. The van der Waals surface area contributed by atoms with E-state index in [-0.39, 0.29) is 0 Å². The summed E-state index contributed by atoms with van der Waals surface area (Å²) < 4.78 is 0. The molecular weight excluding hydrogens is 200 g/mol. The van der Waals surface area contributed by atoms with Gasteiger partial charge in [-0.15, -0.1) is 0 Å². The molecule has 0 radical (unpaired) electrons. The van der Waals surface area contributed by atoms with E-state index in [4.69, 9.17) is 0 Å². The number of hydrogen-bond donors (Lipinski definition) is 2. The summed E-state index contributed by atoms with van der Waals surface area (Å²) in [5.41, 5.74) is -0.136. The Labute approximate surface area is 100 Å². The molecule has 3 heteroatoms. The van der Waals surface area contributed by atoms with Gasteiger partial charge in [0.1, 0.15) is 0 Å². The summed E-state index contributed by atoms with van der Waals surface area (Å²) in [4.78, 5) is 2.40. The van der Waals surface area contributed by atoms with E-state index >= 15 is 0 Å². The largest absolute Gasteiger partial charge is 0.389 e. The predicted octanol–water partition coefficient (Wildman–Crippen LogP) is 1.47. The van der Waals surface area contributed by atoms with Gasteiger partial charge in [-0.25, -0.2) is 0 Å². The maximum Gasteiger partial charge on any atom is 0.0758 e. The zero-order valence-electron chi connectivity index (χ0n) is 11.3. The van der Waals surface area contributed by atoms with Crippen molar-refractivity contribution in [3.8, 4) is 0 Å². The van der Waals surface area contributed by atoms with E-state index in [1.165, 1.54) is 6.42 Å². The van der Waals surface area contributed by atoms with E-state index in [2.05, 4.69) is 31.0 Å². The highest BCUT2D eigenvalue weighted by Gasteiger charge is 2.34. The van der Waals surface area contributed by atoms with Gasteiger partial charge in [0, 0.05) is 26.2 Å². The number of likely N-dealkylation sites (tertiary alicyclic amines) is 1. The molecule has 1 aliphatic rings. The van der Waals surface area contributed by atoms with Gasteiger partial charge in [0.2, 0.25) is 0 Å². The van der Waals surface area contributed by atoms with Crippen LogP contribution in [0.15, 0.2) is 0 Å². The van der Waals surface area contributed by atoms with Crippen molar-refractivity contribution in [2.24, 2.45) is 5.41 Å². The number of β-amino-alcohol motifs (C(OH)–C–C–N with tert-alkyl or cyclic N) is 1.